The molecule has 1 aliphatic carbocycles. The second-order valence-electron chi connectivity index (χ2n) is 6.28. The first-order valence-corrected chi connectivity index (χ1v) is 8.19. The average Bonchev–Trinajstić information content (AvgIpc) is 3.23. The number of aromatic amines is 1. The summed E-state index contributed by atoms with van der Waals surface area (Å²) in [5, 5.41) is 15.0. The maximum atomic E-state index is 13.1. The normalized spacial score (nSPS) is 14.2. The van der Waals surface area contributed by atoms with Crippen molar-refractivity contribution in [2.24, 2.45) is 5.92 Å². The molecule has 3 aromatic rings. The van der Waals surface area contributed by atoms with Gasteiger partial charge in [0.25, 0.3) is 5.91 Å². The number of carbonyl (C=O) groups is 1. The van der Waals surface area contributed by atoms with Crippen LogP contribution in [-0.4, -0.2) is 39.1 Å². The number of hydrogen-bond acceptors (Lipinski definition) is 4. The van der Waals surface area contributed by atoms with Crippen LogP contribution in [0.3, 0.4) is 0 Å². The minimum atomic E-state index is -0.315. The Balaban J connectivity index is 1.54. The van der Waals surface area contributed by atoms with Crippen LogP contribution in [0.5, 0.6) is 0 Å². The molecule has 0 aliphatic heterocycles. The summed E-state index contributed by atoms with van der Waals surface area (Å²) in [6.45, 7) is 2.48. The van der Waals surface area contributed by atoms with Crippen LogP contribution in [0.4, 0.5) is 10.2 Å². The van der Waals surface area contributed by atoms with Gasteiger partial charge in [-0.15, -0.1) is 0 Å². The van der Waals surface area contributed by atoms with Crippen molar-refractivity contribution < 1.29 is 13.9 Å². The summed E-state index contributed by atoms with van der Waals surface area (Å²) in [7, 11) is 0. The van der Waals surface area contributed by atoms with Gasteiger partial charge < -0.3 is 10.1 Å². The van der Waals surface area contributed by atoms with Gasteiger partial charge in [-0.3, -0.25) is 9.89 Å². The first-order chi connectivity index (χ1) is 12.1. The summed E-state index contributed by atoms with van der Waals surface area (Å²) >= 11 is 0. The summed E-state index contributed by atoms with van der Waals surface area (Å²) < 4.78 is 20.1. The Morgan fingerprint density at radius 3 is 2.88 bits per heavy atom. The van der Waals surface area contributed by atoms with Gasteiger partial charge in [0, 0.05) is 0 Å². The molecular weight excluding hydrogens is 325 g/mol. The van der Waals surface area contributed by atoms with E-state index >= 15 is 0 Å². The molecular formula is C17H18FN5O2. The van der Waals surface area contributed by atoms with E-state index in [4.69, 9.17) is 4.74 Å². The number of aromatic nitrogens is 4. The molecule has 2 N–H and O–H groups in total. The predicted molar refractivity (Wildman–Crippen MR) is 90.1 cm³/mol. The van der Waals surface area contributed by atoms with E-state index in [1.54, 1.807) is 16.8 Å². The lowest BCUT2D eigenvalue weighted by molar-refractivity contribution is -0.120. The highest BCUT2D eigenvalue weighted by Gasteiger charge is 2.22. The lowest BCUT2D eigenvalue weighted by atomic mass is 10.3. The first-order valence-electron chi connectivity index (χ1n) is 8.19. The number of benzene rings is 1. The molecule has 0 unspecified atom stereocenters. The Morgan fingerprint density at radius 2 is 2.16 bits per heavy atom. The Morgan fingerprint density at radius 1 is 1.40 bits per heavy atom. The summed E-state index contributed by atoms with van der Waals surface area (Å²) in [5.41, 5.74) is 1.97. The molecule has 1 saturated carbocycles. The summed E-state index contributed by atoms with van der Waals surface area (Å²) in [6.07, 6.45) is 2.37. The number of anilines is 1. The van der Waals surface area contributed by atoms with Crippen LogP contribution in [0.25, 0.3) is 16.7 Å². The highest BCUT2D eigenvalue weighted by atomic mass is 19.1. The molecule has 4 rings (SSSR count). The zero-order valence-electron chi connectivity index (χ0n) is 13.8. The van der Waals surface area contributed by atoms with E-state index in [1.165, 1.54) is 25.0 Å². The molecule has 2 heterocycles. The SMILES string of the molecule is Cc1nn(-c2ccc(F)cc2)c2n[nH]c(NC(=O)COCC3CC3)c12. The molecule has 1 fully saturated rings. The highest BCUT2D eigenvalue weighted by Crippen LogP contribution is 2.29. The van der Waals surface area contributed by atoms with Gasteiger partial charge >= 0.3 is 0 Å². The topological polar surface area (TPSA) is 84.8 Å². The molecule has 7 nitrogen and oxygen atoms in total. The van der Waals surface area contributed by atoms with Gasteiger partial charge in [-0.1, -0.05) is 0 Å². The zero-order valence-corrected chi connectivity index (χ0v) is 13.8. The smallest absolute Gasteiger partial charge is 0.251 e. The first kappa shape index (κ1) is 15.8. The lowest BCUT2D eigenvalue weighted by Gasteiger charge is -2.04. The fraction of sp³-hybridized carbons (Fsp3) is 0.353. The number of H-pyrrole nitrogens is 1. The van der Waals surface area contributed by atoms with Crippen LogP contribution in [-0.2, 0) is 9.53 Å². The number of hydrogen-bond donors (Lipinski definition) is 2. The van der Waals surface area contributed by atoms with Gasteiger partial charge in [0.15, 0.2) is 5.65 Å². The standard InChI is InChI=1S/C17H18FN5O2/c1-10-15-16(19-14(24)9-25-8-11-2-3-11)20-21-17(15)23(22-10)13-6-4-12(18)5-7-13/h4-7,11H,2-3,8-9H2,1H3,(H2,19,20,21,24). The third-order valence-corrected chi connectivity index (χ3v) is 4.18. The van der Waals surface area contributed by atoms with Crippen molar-refractivity contribution >= 4 is 22.8 Å². The Hall–Kier alpha value is -2.74. The molecule has 0 atom stereocenters. The number of carbonyl (C=O) groups excluding carboxylic acids is 1. The van der Waals surface area contributed by atoms with Crippen LogP contribution < -0.4 is 5.32 Å². The highest BCUT2D eigenvalue weighted by molar-refractivity contribution is 6.00. The van der Waals surface area contributed by atoms with Gasteiger partial charge in [0.2, 0.25) is 0 Å². The summed E-state index contributed by atoms with van der Waals surface area (Å²) in [6, 6.07) is 5.98. The average molecular weight is 343 g/mol. The fourth-order valence-corrected chi connectivity index (χ4v) is 2.71. The second-order valence-corrected chi connectivity index (χ2v) is 6.28. The van der Waals surface area contributed by atoms with Crippen molar-refractivity contribution in [3.63, 3.8) is 0 Å². The third-order valence-electron chi connectivity index (χ3n) is 4.18. The number of halogens is 1. The minimum absolute atomic E-state index is 0.0160. The Kier molecular flexibility index (Phi) is 3.96. The van der Waals surface area contributed by atoms with Crippen LogP contribution in [0.15, 0.2) is 24.3 Å². The second kappa shape index (κ2) is 6.29. The van der Waals surface area contributed by atoms with Gasteiger partial charge in [-0.25, -0.2) is 9.07 Å². The van der Waals surface area contributed by atoms with Gasteiger partial charge in [-0.2, -0.15) is 10.2 Å². The van der Waals surface area contributed by atoms with Crippen molar-refractivity contribution in [3.8, 4) is 5.69 Å². The molecule has 25 heavy (non-hydrogen) atoms. The largest absolute Gasteiger partial charge is 0.371 e. The van der Waals surface area contributed by atoms with E-state index in [9.17, 15) is 9.18 Å². The van der Waals surface area contributed by atoms with E-state index < -0.39 is 0 Å². The van der Waals surface area contributed by atoms with E-state index in [0.717, 1.165) is 5.39 Å². The van der Waals surface area contributed by atoms with E-state index in [1.807, 2.05) is 6.92 Å². The van der Waals surface area contributed by atoms with Gasteiger partial charge in [-0.05, 0) is 49.9 Å². The van der Waals surface area contributed by atoms with E-state index in [2.05, 4.69) is 20.6 Å². The molecule has 1 amide bonds. The lowest BCUT2D eigenvalue weighted by Crippen LogP contribution is -2.19. The Labute approximate surface area is 143 Å². The fourth-order valence-electron chi connectivity index (χ4n) is 2.71. The molecule has 130 valence electrons. The molecule has 1 aromatic carbocycles. The van der Waals surface area contributed by atoms with Crippen molar-refractivity contribution in [2.45, 2.75) is 19.8 Å². The Bertz CT molecular complexity index is 911. The van der Waals surface area contributed by atoms with Crippen molar-refractivity contribution in [2.75, 3.05) is 18.5 Å². The summed E-state index contributed by atoms with van der Waals surface area (Å²) in [5.74, 6) is 0.550. The molecule has 0 bridgehead atoms. The van der Waals surface area contributed by atoms with Crippen molar-refractivity contribution in [1.82, 2.24) is 20.0 Å². The molecule has 0 radical (unpaired) electrons. The maximum Gasteiger partial charge on any atom is 0.251 e. The number of nitrogens with one attached hydrogen (secondary N) is 2. The number of nitrogens with zero attached hydrogens (tertiary/aromatic N) is 3. The van der Waals surface area contributed by atoms with E-state index in [0.29, 0.717) is 35.4 Å². The number of rotatable bonds is 6. The monoisotopic (exact) mass is 343 g/mol. The quantitative estimate of drug-likeness (QED) is 0.720. The van der Waals surface area contributed by atoms with Crippen LogP contribution in [0, 0.1) is 18.7 Å². The van der Waals surface area contributed by atoms with Crippen molar-refractivity contribution in [3.05, 3.63) is 35.8 Å². The van der Waals surface area contributed by atoms with Crippen LogP contribution in [0.1, 0.15) is 18.5 Å². The van der Waals surface area contributed by atoms with Crippen LogP contribution in [0.2, 0.25) is 0 Å². The molecule has 0 saturated heterocycles. The number of fused-ring (bicyclic) bond motifs is 1. The summed E-state index contributed by atoms with van der Waals surface area (Å²) in [4.78, 5) is 12.0. The molecule has 2 aromatic heterocycles. The third kappa shape index (κ3) is 3.25. The number of aryl methyl sites for hydroxylation is 1. The number of ether oxygens (including phenoxy) is 1. The van der Waals surface area contributed by atoms with Crippen LogP contribution >= 0.6 is 0 Å². The molecule has 1 aliphatic rings. The predicted octanol–water partition coefficient (Wildman–Crippen LogP) is 2.56. The van der Waals surface area contributed by atoms with Gasteiger partial charge in [0.05, 0.1) is 23.4 Å². The zero-order chi connectivity index (χ0) is 17.4. The molecule has 8 heteroatoms. The number of amides is 1. The van der Waals surface area contributed by atoms with Gasteiger partial charge in [0.1, 0.15) is 18.2 Å². The maximum absolute atomic E-state index is 13.1. The van der Waals surface area contributed by atoms with Crippen molar-refractivity contribution in [1.29, 1.82) is 0 Å². The minimum Gasteiger partial charge on any atom is -0.371 e. The van der Waals surface area contributed by atoms with E-state index in [-0.39, 0.29) is 18.3 Å². The molecule has 0 spiro atoms.